The van der Waals surface area contributed by atoms with Crippen LogP contribution in [0, 0.1) is 0 Å². The average Bonchev–Trinajstić information content (AvgIpc) is 3.07. The first-order valence-corrected chi connectivity index (χ1v) is 20.1. The molecule has 0 aromatic heterocycles. The van der Waals surface area contributed by atoms with Gasteiger partial charge in [-0.05, 0) is 51.4 Å². The first-order chi connectivity index (χ1) is 23.3. The monoisotopic (exact) mass is 697 g/mol. The molecule has 0 aromatic rings. The molecular formula is C38H68NO8P. The summed E-state index contributed by atoms with van der Waals surface area (Å²) in [6, 6.07) is 0. The largest absolute Gasteiger partial charge is 0.472 e. The average molecular weight is 698 g/mol. The highest BCUT2D eigenvalue weighted by Crippen LogP contribution is 2.43. The van der Waals surface area contributed by atoms with E-state index >= 15 is 0 Å². The quantitative estimate of drug-likeness (QED) is 0.0291. The molecule has 0 aromatic carbocycles. The lowest BCUT2D eigenvalue weighted by Crippen LogP contribution is -2.29. The Labute approximate surface area is 292 Å². The first-order valence-electron chi connectivity index (χ1n) is 18.6. The van der Waals surface area contributed by atoms with E-state index in [-0.39, 0.29) is 32.6 Å². The summed E-state index contributed by atoms with van der Waals surface area (Å²) in [6.07, 6.45) is 37.1. The Hall–Kier alpha value is -2.03. The van der Waals surface area contributed by atoms with E-state index in [1.54, 1.807) is 0 Å². The number of nitrogens with two attached hydrogens (primary N) is 1. The van der Waals surface area contributed by atoms with Crippen LogP contribution in [0.5, 0.6) is 0 Å². The molecular weight excluding hydrogens is 629 g/mol. The third kappa shape index (κ3) is 33.9. The van der Waals surface area contributed by atoms with Gasteiger partial charge >= 0.3 is 19.8 Å². The van der Waals surface area contributed by atoms with E-state index in [2.05, 4.69) is 62.5 Å². The van der Waals surface area contributed by atoms with Crippen molar-refractivity contribution >= 4 is 19.8 Å². The summed E-state index contributed by atoms with van der Waals surface area (Å²) in [7, 11) is -4.37. The molecule has 0 fully saturated rings. The van der Waals surface area contributed by atoms with Crippen molar-refractivity contribution in [3.05, 3.63) is 48.6 Å². The maximum absolute atomic E-state index is 12.5. The van der Waals surface area contributed by atoms with Crippen LogP contribution in [0.25, 0.3) is 0 Å². The van der Waals surface area contributed by atoms with Crippen LogP contribution < -0.4 is 5.73 Å². The molecule has 0 heterocycles. The van der Waals surface area contributed by atoms with E-state index in [1.165, 1.54) is 44.9 Å². The van der Waals surface area contributed by atoms with Gasteiger partial charge in [-0.15, -0.1) is 0 Å². The molecule has 48 heavy (non-hydrogen) atoms. The number of phosphoric ester groups is 1. The maximum atomic E-state index is 12.5. The predicted molar refractivity (Wildman–Crippen MR) is 196 cm³/mol. The van der Waals surface area contributed by atoms with Gasteiger partial charge in [-0.3, -0.25) is 18.6 Å². The molecule has 0 radical (unpaired) electrons. The van der Waals surface area contributed by atoms with E-state index in [1.807, 2.05) is 0 Å². The lowest BCUT2D eigenvalue weighted by Gasteiger charge is -2.19. The number of ether oxygens (including phenoxy) is 2. The summed E-state index contributed by atoms with van der Waals surface area (Å²) >= 11 is 0. The maximum Gasteiger partial charge on any atom is 0.472 e. The van der Waals surface area contributed by atoms with E-state index < -0.39 is 32.5 Å². The minimum Gasteiger partial charge on any atom is -0.462 e. The summed E-state index contributed by atoms with van der Waals surface area (Å²) in [5, 5.41) is 0. The zero-order valence-corrected chi connectivity index (χ0v) is 31.1. The zero-order valence-electron chi connectivity index (χ0n) is 30.2. The highest BCUT2D eigenvalue weighted by atomic mass is 31.2. The Bertz CT molecular complexity index is 934. The molecule has 0 aliphatic carbocycles. The molecule has 0 saturated heterocycles. The van der Waals surface area contributed by atoms with E-state index in [0.717, 1.165) is 70.6 Å². The van der Waals surface area contributed by atoms with Crippen molar-refractivity contribution in [2.75, 3.05) is 26.4 Å². The van der Waals surface area contributed by atoms with Gasteiger partial charge in [0.1, 0.15) is 6.61 Å². The number of carbonyl (C=O) groups excluding carboxylic acids is 2. The number of phosphoric acid groups is 1. The minimum absolute atomic E-state index is 0.0480. The molecule has 9 nitrogen and oxygen atoms in total. The van der Waals surface area contributed by atoms with Crippen molar-refractivity contribution in [3.63, 3.8) is 0 Å². The van der Waals surface area contributed by atoms with Crippen LogP contribution in [0.1, 0.15) is 149 Å². The van der Waals surface area contributed by atoms with Crippen molar-refractivity contribution in [3.8, 4) is 0 Å². The first kappa shape index (κ1) is 46.0. The lowest BCUT2D eigenvalue weighted by atomic mass is 10.1. The van der Waals surface area contributed by atoms with Crippen molar-refractivity contribution in [2.24, 2.45) is 5.73 Å². The summed E-state index contributed by atoms with van der Waals surface area (Å²) in [5.74, 6) is -0.862. The number of esters is 2. The van der Waals surface area contributed by atoms with Crippen molar-refractivity contribution in [2.45, 2.75) is 155 Å². The fourth-order valence-corrected chi connectivity index (χ4v) is 5.51. The van der Waals surface area contributed by atoms with E-state index in [0.29, 0.717) is 6.42 Å². The smallest absolute Gasteiger partial charge is 0.462 e. The van der Waals surface area contributed by atoms with Gasteiger partial charge in [0.15, 0.2) is 6.10 Å². The number of allylic oxidation sites excluding steroid dienone is 8. The van der Waals surface area contributed by atoms with Crippen LogP contribution in [0.2, 0.25) is 0 Å². The molecule has 2 unspecified atom stereocenters. The van der Waals surface area contributed by atoms with Crippen LogP contribution in [0.3, 0.4) is 0 Å². The predicted octanol–water partition coefficient (Wildman–Crippen LogP) is 9.99. The van der Waals surface area contributed by atoms with E-state index in [9.17, 15) is 19.0 Å². The van der Waals surface area contributed by atoms with Crippen molar-refractivity contribution in [1.82, 2.24) is 0 Å². The van der Waals surface area contributed by atoms with Gasteiger partial charge in [0.05, 0.1) is 13.2 Å². The molecule has 0 saturated carbocycles. The molecule has 10 heteroatoms. The van der Waals surface area contributed by atoms with Crippen molar-refractivity contribution < 1.29 is 37.6 Å². The minimum atomic E-state index is -4.37. The second-order valence-corrected chi connectivity index (χ2v) is 13.5. The molecule has 2 atom stereocenters. The second kappa shape index (κ2) is 34.8. The number of carbonyl (C=O) groups is 2. The summed E-state index contributed by atoms with van der Waals surface area (Å²) < 4.78 is 32.6. The van der Waals surface area contributed by atoms with Gasteiger partial charge in [0, 0.05) is 19.4 Å². The van der Waals surface area contributed by atoms with Gasteiger partial charge < -0.3 is 20.1 Å². The Morgan fingerprint density at radius 2 is 1.15 bits per heavy atom. The summed E-state index contributed by atoms with van der Waals surface area (Å²) in [5.41, 5.74) is 5.32. The molecule has 0 amide bonds. The molecule has 0 spiro atoms. The van der Waals surface area contributed by atoms with Crippen LogP contribution in [0.4, 0.5) is 0 Å². The van der Waals surface area contributed by atoms with Gasteiger partial charge in [-0.1, -0.05) is 133 Å². The Balaban J connectivity index is 4.28. The van der Waals surface area contributed by atoms with Crippen LogP contribution >= 0.6 is 7.82 Å². The number of hydrogen-bond donors (Lipinski definition) is 2. The normalized spacial score (nSPS) is 14.0. The Kier molecular flexibility index (Phi) is 33.3. The summed E-state index contributed by atoms with van der Waals surface area (Å²) in [4.78, 5) is 34.6. The Morgan fingerprint density at radius 1 is 0.646 bits per heavy atom. The second-order valence-electron chi connectivity index (χ2n) is 12.1. The SMILES string of the molecule is CC/C=C\C/C=C\C/C=C\C/C=C\CCCCCCC(=O)OC(COC(=O)CCCCCCCCCCCC)COP(=O)(O)OCCN. The van der Waals surface area contributed by atoms with Gasteiger partial charge in [0.25, 0.3) is 0 Å². The highest BCUT2D eigenvalue weighted by molar-refractivity contribution is 7.47. The molecule has 0 aliphatic heterocycles. The van der Waals surface area contributed by atoms with Crippen LogP contribution in [0.15, 0.2) is 48.6 Å². The topological polar surface area (TPSA) is 134 Å². The lowest BCUT2D eigenvalue weighted by molar-refractivity contribution is -0.161. The van der Waals surface area contributed by atoms with Gasteiger partial charge in [-0.25, -0.2) is 4.57 Å². The molecule has 0 aliphatic rings. The zero-order chi connectivity index (χ0) is 35.4. The van der Waals surface area contributed by atoms with Gasteiger partial charge in [0.2, 0.25) is 0 Å². The van der Waals surface area contributed by atoms with Crippen LogP contribution in [-0.4, -0.2) is 49.3 Å². The fraction of sp³-hybridized carbons (Fsp3) is 0.737. The number of unbranched alkanes of at least 4 members (excludes halogenated alkanes) is 13. The number of rotatable bonds is 34. The highest BCUT2D eigenvalue weighted by Gasteiger charge is 2.25. The molecule has 0 rings (SSSR count). The number of hydrogen-bond acceptors (Lipinski definition) is 8. The third-order valence-electron chi connectivity index (χ3n) is 7.48. The molecule has 3 N–H and O–H groups in total. The standard InChI is InChI=1S/C38H68NO8P/c1-3-5-7-9-11-13-15-16-17-18-19-20-21-23-25-27-29-31-38(41)47-36(35-46-48(42,43)45-33-32-39)34-44-37(40)30-28-26-24-22-14-12-10-8-6-4-2/h5,7,11,13,16-17,19-20,36H,3-4,6,8-10,12,14-15,18,21-35,39H2,1-2H3,(H,42,43)/b7-5-,13-11-,17-16-,20-19-. The van der Waals surface area contributed by atoms with Gasteiger partial charge in [-0.2, -0.15) is 0 Å². The fourth-order valence-electron chi connectivity index (χ4n) is 4.74. The molecule has 278 valence electrons. The third-order valence-corrected chi connectivity index (χ3v) is 8.46. The van der Waals surface area contributed by atoms with Crippen LogP contribution in [-0.2, 0) is 32.7 Å². The summed E-state index contributed by atoms with van der Waals surface area (Å²) in [6.45, 7) is 3.55. The Morgan fingerprint density at radius 3 is 1.71 bits per heavy atom. The molecule has 0 bridgehead atoms. The van der Waals surface area contributed by atoms with Crippen molar-refractivity contribution in [1.29, 1.82) is 0 Å². The van der Waals surface area contributed by atoms with E-state index in [4.69, 9.17) is 24.3 Å².